The zero-order valence-corrected chi connectivity index (χ0v) is 19.9. The van der Waals surface area contributed by atoms with Crippen LogP contribution in [0.5, 0.6) is 5.75 Å². The van der Waals surface area contributed by atoms with E-state index in [2.05, 4.69) is 17.0 Å². The van der Waals surface area contributed by atoms with E-state index in [0.717, 1.165) is 44.5 Å². The lowest BCUT2D eigenvalue weighted by Crippen LogP contribution is -2.46. The van der Waals surface area contributed by atoms with E-state index in [-0.39, 0.29) is 18.2 Å². The van der Waals surface area contributed by atoms with Crippen LogP contribution in [0.25, 0.3) is 0 Å². The first-order valence-electron chi connectivity index (χ1n) is 12.0. The second kappa shape index (κ2) is 10.8. The van der Waals surface area contributed by atoms with Crippen molar-refractivity contribution in [2.24, 2.45) is 5.92 Å². The Morgan fingerprint density at radius 3 is 2.29 bits per heavy atom. The normalized spacial score (nSPS) is 19.5. The maximum Gasteiger partial charge on any atom is 0.338 e. The zero-order valence-electron chi connectivity index (χ0n) is 19.9. The lowest BCUT2D eigenvalue weighted by atomic mass is 9.90. The predicted octanol–water partition coefficient (Wildman–Crippen LogP) is 3.85. The number of amides is 2. The van der Waals surface area contributed by atoms with Gasteiger partial charge in [-0.1, -0.05) is 12.1 Å². The number of esters is 1. The van der Waals surface area contributed by atoms with Gasteiger partial charge in [0.15, 0.2) is 0 Å². The summed E-state index contributed by atoms with van der Waals surface area (Å²) in [4.78, 5) is 41.1. The molecule has 4 rings (SSSR count). The number of piperidine rings is 1. The van der Waals surface area contributed by atoms with Crippen LogP contribution < -0.4 is 9.64 Å². The van der Waals surface area contributed by atoms with Crippen LogP contribution in [-0.4, -0.2) is 55.5 Å². The third-order valence-electron chi connectivity index (χ3n) is 6.85. The summed E-state index contributed by atoms with van der Waals surface area (Å²) in [6.45, 7) is 3.69. The predicted molar refractivity (Wildman–Crippen MR) is 129 cm³/mol. The van der Waals surface area contributed by atoms with Crippen molar-refractivity contribution in [3.63, 3.8) is 0 Å². The van der Waals surface area contributed by atoms with Crippen molar-refractivity contribution in [3.8, 4) is 5.75 Å². The number of anilines is 1. The van der Waals surface area contributed by atoms with E-state index in [1.54, 1.807) is 38.3 Å². The third-order valence-corrected chi connectivity index (χ3v) is 6.85. The largest absolute Gasteiger partial charge is 0.497 e. The molecule has 2 heterocycles. The first-order valence-corrected chi connectivity index (χ1v) is 12.0. The Morgan fingerprint density at radius 1 is 1.00 bits per heavy atom. The molecule has 1 unspecified atom stereocenters. The minimum absolute atomic E-state index is 0.175. The molecule has 7 heteroatoms. The molecule has 2 amide bonds. The summed E-state index contributed by atoms with van der Waals surface area (Å²) in [6.07, 6.45) is 4.42. The van der Waals surface area contributed by atoms with Crippen LogP contribution >= 0.6 is 0 Å². The molecule has 0 radical (unpaired) electrons. The molecule has 0 saturated carbocycles. The summed E-state index contributed by atoms with van der Waals surface area (Å²) in [5, 5.41) is 0. The topological polar surface area (TPSA) is 76.2 Å². The van der Waals surface area contributed by atoms with Crippen molar-refractivity contribution in [2.45, 2.75) is 45.1 Å². The fourth-order valence-electron chi connectivity index (χ4n) is 4.85. The number of likely N-dealkylation sites (tertiary alicyclic amines) is 1. The molecule has 2 aromatic carbocycles. The summed E-state index contributed by atoms with van der Waals surface area (Å²) < 4.78 is 10.2. The highest BCUT2D eigenvalue weighted by molar-refractivity contribution is 6.22. The van der Waals surface area contributed by atoms with Crippen LogP contribution in [0.15, 0.2) is 48.5 Å². The SMILES string of the molecule is CCOC(=O)c1ccc(N2C(=O)CC(N3CCC(CCc4ccc(OC)cc4)CC3)C2=O)cc1. The first-order chi connectivity index (χ1) is 16.5. The Hall–Kier alpha value is -3.19. The molecule has 7 nitrogen and oxygen atoms in total. The van der Waals surface area contributed by atoms with Crippen molar-refractivity contribution in [1.29, 1.82) is 0 Å². The molecule has 2 fully saturated rings. The Morgan fingerprint density at radius 2 is 1.68 bits per heavy atom. The Labute approximate surface area is 200 Å². The molecular weight excluding hydrogens is 432 g/mol. The van der Waals surface area contributed by atoms with Crippen molar-refractivity contribution in [3.05, 3.63) is 59.7 Å². The number of benzene rings is 2. The minimum Gasteiger partial charge on any atom is -0.497 e. The van der Waals surface area contributed by atoms with Crippen molar-refractivity contribution >= 4 is 23.5 Å². The van der Waals surface area contributed by atoms with Crippen LogP contribution in [0.1, 0.15) is 48.5 Å². The molecule has 2 saturated heterocycles. The van der Waals surface area contributed by atoms with Crippen molar-refractivity contribution in [1.82, 2.24) is 4.90 Å². The molecule has 34 heavy (non-hydrogen) atoms. The lowest BCUT2D eigenvalue weighted by Gasteiger charge is -2.34. The number of hydrogen-bond donors (Lipinski definition) is 0. The van der Waals surface area contributed by atoms with Crippen molar-refractivity contribution in [2.75, 3.05) is 31.7 Å². The maximum atomic E-state index is 13.1. The van der Waals surface area contributed by atoms with Gasteiger partial charge in [0.1, 0.15) is 5.75 Å². The van der Waals surface area contributed by atoms with E-state index in [4.69, 9.17) is 9.47 Å². The van der Waals surface area contributed by atoms with Gasteiger partial charge >= 0.3 is 5.97 Å². The van der Waals surface area contributed by atoms with Crippen LogP contribution in [0, 0.1) is 5.92 Å². The quantitative estimate of drug-likeness (QED) is 0.436. The molecule has 0 aliphatic carbocycles. The smallest absolute Gasteiger partial charge is 0.338 e. The average molecular weight is 465 g/mol. The van der Waals surface area contributed by atoms with E-state index < -0.39 is 12.0 Å². The summed E-state index contributed by atoms with van der Waals surface area (Å²) in [6, 6.07) is 14.3. The number of nitrogens with zero attached hydrogens (tertiary/aromatic N) is 2. The summed E-state index contributed by atoms with van der Waals surface area (Å²) >= 11 is 0. The van der Waals surface area contributed by atoms with E-state index in [9.17, 15) is 14.4 Å². The van der Waals surface area contributed by atoms with Crippen LogP contribution in [0.4, 0.5) is 5.69 Å². The van der Waals surface area contributed by atoms with Crippen molar-refractivity contribution < 1.29 is 23.9 Å². The number of carbonyl (C=O) groups is 3. The van der Waals surface area contributed by atoms with Crippen LogP contribution in [-0.2, 0) is 20.7 Å². The Balaban J connectivity index is 1.30. The molecule has 0 aromatic heterocycles. The fourth-order valence-corrected chi connectivity index (χ4v) is 4.85. The highest BCUT2D eigenvalue weighted by atomic mass is 16.5. The lowest BCUT2D eigenvalue weighted by molar-refractivity contribution is -0.123. The first kappa shape index (κ1) is 24.0. The molecule has 2 aliphatic heterocycles. The number of aryl methyl sites for hydroxylation is 1. The molecule has 0 spiro atoms. The van der Waals surface area contributed by atoms with E-state index >= 15 is 0 Å². The second-order valence-electron chi connectivity index (χ2n) is 8.92. The number of imide groups is 1. The van der Waals surface area contributed by atoms with Gasteiger partial charge in [0.25, 0.3) is 5.91 Å². The number of rotatable bonds is 8. The Kier molecular flexibility index (Phi) is 7.63. The highest BCUT2D eigenvalue weighted by Crippen LogP contribution is 2.30. The zero-order chi connectivity index (χ0) is 24.1. The summed E-state index contributed by atoms with van der Waals surface area (Å²) in [7, 11) is 1.67. The fraction of sp³-hybridized carbons (Fsp3) is 0.444. The van der Waals surface area contributed by atoms with Crippen LogP contribution in [0.3, 0.4) is 0 Å². The summed E-state index contributed by atoms with van der Waals surface area (Å²) in [5.74, 6) is 0.709. The molecule has 1 atom stereocenters. The van der Waals surface area contributed by atoms with E-state index in [1.165, 1.54) is 10.5 Å². The Bertz CT molecular complexity index is 1010. The van der Waals surface area contributed by atoms with E-state index in [0.29, 0.717) is 23.8 Å². The highest BCUT2D eigenvalue weighted by Gasteiger charge is 2.43. The second-order valence-corrected chi connectivity index (χ2v) is 8.92. The third kappa shape index (κ3) is 5.30. The standard InChI is InChI=1S/C27H32N2O5/c1-3-34-27(32)21-8-10-22(11-9-21)29-25(30)18-24(26(29)31)28-16-14-20(15-17-28)5-4-19-6-12-23(33-2)13-7-19/h6-13,20,24H,3-5,14-18H2,1-2H3. The minimum atomic E-state index is -0.416. The monoisotopic (exact) mass is 464 g/mol. The van der Waals surface area contributed by atoms with E-state index in [1.807, 2.05) is 12.1 Å². The van der Waals surface area contributed by atoms with Crippen LogP contribution in [0.2, 0.25) is 0 Å². The van der Waals surface area contributed by atoms with Gasteiger partial charge in [-0.2, -0.15) is 0 Å². The number of carbonyl (C=O) groups excluding carboxylic acids is 3. The summed E-state index contributed by atoms with van der Waals surface area (Å²) in [5.41, 5.74) is 2.21. The molecule has 2 aliphatic rings. The van der Waals surface area contributed by atoms with Gasteiger partial charge in [-0.3, -0.25) is 14.5 Å². The molecule has 180 valence electrons. The van der Waals surface area contributed by atoms with Gasteiger partial charge in [0.2, 0.25) is 5.91 Å². The molecule has 0 bridgehead atoms. The maximum absolute atomic E-state index is 13.1. The van der Waals surface area contributed by atoms with Gasteiger partial charge in [-0.15, -0.1) is 0 Å². The molecule has 0 N–H and O–H groups in total. The number of methoxy groups -OCH3 is 1. The van der Waals surface area contributed by atoms with Gasteiger partial charge in [0, 0.05) is 0 Å². The number of ether oxygens (including phenoxy) is 2. The molecule has 2 aromatic rings. The van der Waals surface area contributed by atoms with Gasteiger partial charge in [0.05, 0.1) is 37.4 Å². The average Bonchev–Trinajstić information content (AvgIpc) is 3.17. The van der Waals surface area contributed by atoms with Gasteiger partial charge in [-0.25, -0.2) is 9.69 Å². The molecular formula is C27H32N2O5. The van der Waals surface area contributed by atoms with Gasteiger partial charge < -0.3 is 9.47 Å². The number of hydrogen-bond acceptors (Lipinski definition) is 6. The van der Waals surface area contributed by atoms with Gasteiger partial charge in [-0.05, 0) is 93.6 Å².